The van der Waals surface area contributed by atoms with Crippen LogP contribution >= 0.6 is 28.3 Å². The fraction of sp³-hybridized carbons (Fsp3) is 0.500. The highest BCUT2D eigenvalue weighted by Gasteiger charge is 2.26. The quantitative estimate of drug-likeness (QED) is 0.773. The molecule has 0 spiro atoms. The lowest BCUT2D eigenvalue weighted by Gasteiger charge is -2.30. The van der Waals surface area contributed by atoms with Gasteiger partial charge in [0.15, 0.2) is 15.7 Å². The number of hydrogen-bond acceptors (Lipinski definition) is 4. The number of sulfone groups is 1. The number of nitrogens with one attached hydrogen (secondary N) is 2. The Bertz CT molecular complexity index is 700. The SMILES string of the molecule is CC1NCCCC1NC(=O)c1cc(Br)cc(S(C)(=O)=O)c1F.Cl. The van der Waals surface area contributed by atoms with Crippen LogP contribution in [0.25, 0.3) is 0 Å². The van der Waals surface area contributed by atoms with Crippen LogP contribution < -0.4 is 10.6 Å². The second kappa shape index (κ2) is 7.92. The number of halogens is 3. The number of hydrogen-bond donors (Lipinski definition) is 2. The van der Waals surface area contributed by atoms with E-state index in [0.29, 0.717) is 4.47 Å². The first-order valence-corrected chi connectivity index (χ1v) is 9.62. The number of carbonyl (C=O) groups is 1. The Morgan fingerprint density at radius 2 is 2.09 bits per heavy atom. The summed E-state index contributed by atoms with van der Waals surface area (Å²) in [6, 6.07) is 2.43. The van der Waals surface area contributed by atoms with Crippen molar-refractivity contribution in [2.45, 2.75) is 36.7 Å². The number of amides is 1. The lowest BCUT2D eigenvalue weighted by Crippen LogP contribution is -2.52. The number of piperidine rings is 1. The van der Waals surface area contributed by atoms with Crippen LogP contribution in [0.3, 0.4) is 0 Å². The van der Waals surface area contributed by atoms with Gasteiger partial charge in [-0.1, -0.05) is 15.9 Å². The van der Waals surface area contributed by atoms with E-state index in [4.69, 9.17) is 0 Å². The van der Waals surface area contributed by atoms with Crippen LogP contribution in [0.2, 0.25) is 0 Å². The topological polar surface area (TPSA) is 75.3 Å². The Balaban J connectivity index is 0.00000264. The minimum Gasteiger partial charge on any atom is -0.348 e. The number of benzene rings is 1. The molecule has 0 saturated carbocycles. The van der Waals surface area contributed by atoms with Crippen LogP contribution in [0.1, 0.15) is 30.1 Å². The molecule has 9 heteroatoms. The Labute approximate surface area is 149 Å². The Hall–Kier alpha value is -0.700. The van der Waals surface area contributed by atoms with Gasteiger partial charge in [-0.05, 0) is 38.4 Å². The maximum Gasteiger partial charge on any atom is 0.254 e. The molecule has 1 saturated heterocycles. The molecule has 0 aliphatic carbocycles. The summed E-state index contributed by atoms with van der Waals surface area (Å²) in [7, 11) is -3.75. The van der Waals surface area contributed by atoms with E-state index in [9.17, 15) is 17.6 Å². The van der Waals surface area contributed by atoms with Crippen molar-refractivity contribution in [2.75, 3.05) is 12.8 Å². The van der Waals surface area contributed by atoms with Gasteiger partial charge in [0.1, 0.15) is 4.90 Å². The first-order chi connectivity index (χ1) is 10.2. The molecule has 1 aromatic carbocycles. The van der Waals surface area contributed by atoms with Crippen LogP contribution in [-0.2, 0) is 9.84 Å². The van der Waals surface area contributed by atoms with Gasteiger partial charge in [-0.2, -0.15) is 0 Å². The molecule has 0 bridgehead atoms. The summed E-state index contributed by atoms with van der Waals surface area (Å²) in [5.74, 6) is -1.62. The second-order valence-corrected chi connectivity index (χ2v) is 8.40. The number of carbonyl (C=O) groups excluding carboxylic acids is 1. The fourth-order valence-electron chi connectivity index (χ4n) is 2.49. The Morgan fingerprint density at radius 3 is 2.65 bits per heavy atom. The lowest BCUT2D eigenvalue weighted by atomic mass is 9.99. The van der Waals surface area contributed by atoms with Crippen molar-refractivity contribution in [1.29, 1.82) is 0 Å². The molecule has 0 radical (unpaired) electrons. The minimum absolute atomic E-state index is 0. The van der Waals surface area contributed by atoms with Crippen LogP contribution in [0.15, 0.2) is 21.5 Å². The molecule has 130 valence electrons. The van der Waals surface area contributed by atoms with Crippen molar-refractivity contribution in [3.63, 3.8) is 0 Å². The first kappa shape index (κ1) is 20.3. The van der Waals surface area contributed by atoms with E-state index < -0.39 is 26.5 Å². The zero-order valence-corrected chi connectivity index (χ0v) is 15.9. The molecule has 2 atom stereocenters. The summed E-state index contributed by atoms with van der Waals surface area (Å²) in [6.45, 7) is 2.83. The third-order valence-corrected chi connectivity index (χ3v) is 5.28. The smallest absolute Gasteiger partial charge is 0.254 e. The summed E-state index contributed by atoms with van der Waals surface area (Å²) >= 11 is 3.12. The van der Waals surface area contributed by atoms with E-state index >= 15 is 0 Å². The van der Waals surface area contributed by atoms with Gasteiger partial charge in [0.05, 0.1) is 5.56 Å². The van der Waals surface area contributed by atoms with Gasteiger partial charge in [-0.15, -0.1) is 12.4 Å². The zero-order chi connectivity index (χ0) is 16.5. The largest absolute Gasteiger partial charge is 0.348 e. The predicted molar refractivity (Wildman–Crippen MR) is 92.4 cm³/mol. The molecule has 0 aromatic heterocycles. The molecule has 2 rings (SSSR count). The van der Waals surface area contributed by atoms with E-state index in [1.165, 1.54) is 6.07 Å². The predicted octanol–water partition coefficient (Wildman–Crippen LogP) is 2.28. The van der Waals surface area contributed by atoms with Gasteiger partial charge in [-0.3, -0.25) is 4.79 Å². The van der Waals surface area contributed by atoms with Gasteiger partial charge in [0, 0.05) is 22.8 Å². The molecule has 1 aliphatic heterocycles. The minimum atomic E-state index is -3.75. The highest BCUT2D eigenvalue weighted by molar-refractivity contribution is 9.10. The lowest BCUT2D eigenvalue weighted by molar-refractivity contribution is 0.0915. The van der Waals surface area contributed by atoms with E-state index in [0.717, 1.165) is 31.7 Å². The number of rotatable bonds is 3. The van der Waals surface area contributed by atoms with Crippen molar-refractivity contribution in [2.24, 2.45) is 0 Å². The molecule has 1 amide bonds. The highest BCUT2D eigenvalue weighted by atomic mass is 79.9. The summed E-state index contributed by atoms with van der Waals surface area (Å²) in [5.41, 5.74) is -0.271. The normalized spacial score (nSPS) is 21.4. The van der Waals surface area contributed by atoms with E-state index in [-0.39, 0.29) is 30.1 Å². The van der Waals surface area contributed by atoms with Crippen LogP contribution in [0.5, 0.6) is 0 Å². The molecule has 23 heavy (non-hydrogen) atoms. The fourth-order valence-corrected chi connectivity index (χ4v) is 3.87. The molecule has 1 fully saturated rings. The Morgan fingerprint density at radius 1 is 1.43 bits per heavy atom. The maximum atomic E-state index is 14.4. The van der Waals surface area contributed by atoms with Gasteiger partial charge >= 0.3 is 0 Å². The zero-order valence-electron chi connectivity index (χ0n) is 12.7. The highest BCUT2D eigenvalue weighted by Crippen LogP contribution is 2.24. The Kier molecular flexibility index (Phi) is 7.00. The first-order valence-electron chi connectivity index (χ1n) is 6.93. The van der Waals surface area contributed by atoms with Gasteiger partial charge < -0.3 is 10.6 Å². The molecule has 1 heterocycles. The molecule has 1 aliphatic rings. The molecular formula is C14H19BrClFN2O3S. The summed E-state index contributed by atoms with van der Waals surface area (Å²) in [6.07, 6.45) is 2.63. The standard InChI is InChI=1S/C14H18BrFN2O3S.ClH/c1-8-11(4-3-5-17-8)18-14(19)10-6-9(15)7-12(13(10)16)22(2,20)21;/h6-8,11,17H,3-5H2,1-2H3,(H,18,19);1H. The molecule has 2 N–H and O–H groups in total. The van der Waals surface area contributed by atoms with Crippen molar-refractivity contribution >= 4 is 44.1 Å². The summed E-state index contributed by atoms with van der Waals surface area (Å²) in [5, 5.41) is 6.01. The van der Waals surface area contributed by atoms with Gasteiger partial charge in [0.2, 0.25) is 0 Å². The summed E-state index contributed by atoms with van der Waals surface area (Å²) < 4.78 is 38.0. The van der Waals surface area contributed by atoms with Crippen molar-refractivity contribution in [1.82, 2.24) is 10.6 Å². The second-order valence-electron chi connectivity index (χ2n) is 5.50. The summed E-state index contributed by atoms with van der Waals surface area (Å²) in [4.78, 5) is 11.8. The van der Waals surface area contributed by atoms with E-state index in [2.05, 4.69) is 26.6 Å². The maximum absolute atomic E-state index is 14.4. The monoisotopic (exact) mass is 428 g/mol. The third-order valence-electron chi connectivity index (χ3n) is 3.73. The van der Waals surface area contributed by atoms with Crippen molar-refractivity contribution in [3.05, 3.63) is 28.0 Å². The molecule has 2 unspecified atom stereocenters. The average molecular weight is 430 g/mol. The van der Waals surface area contributed by atoms with Crippen molar-refractivity contribution < 1.29 is 17.6 Å². The van der Waals surface area contributed by atoms with Gasteiger partial charge in [0.25, 0.3) is 5.91 Å². The molecule has 5 nitrogen and oxygen atoms in total. The van der Waals surface area contributed by atoms with Crippen LogP contribution in [-0.4, -0.2) is 39.2 Å². The van der Waals surface area contributed by atoms with Crippen LogP contribution in [0, 0.1) is 5.82 Å². The molecular weight excluding hydrogens is 411 g/mol. The van der Waals surface area contributed by atoms with Gasteiger partial charge in [-0.25, -0.2) is 12.8 Å². The van der Waals surface area contributed by atoms with Crippen molar-refractivity contribution in [3.8, 4) is 0 Å². The van der Waals surface area contributed by atoms with Crippen LogP contribution in [0.4, 0.5) is 4.39 Å². The van der Waals surface area contributed by atoms with E-state index in [1.807, 2.05) is 6.92 Å². The van der Waals surface area contributed by atoms with E-state index in [1.54, 1.807) is 0 Å². The third kappa shape index (κ3) is 4.89. The molecule has 1 aromatic rings. The average Bonchev–Trinajstić information content (AvgIpc) is 2.42.